The van der Waals surface area contributed by atoms with Gasteiger partial charge in [0.15, 0.2) is 24.4 Å². The molecule has 0 saturated carbocycles. The number of aldehydes is 1. The van der Waals surface area contributed by atoms with Gasteiger partial charge in [-0.3, -0.25) is 3.83 Å². The molecule has 0 spiro atoms. The van der Waals surface area contributed by atoms with Crippen LogP contribution in [-0.4, -0.2) is 51.9 Å². The lowest BCUT2D eigenvalue weighted by atomic mass is 10.0. The number of nitrogens with one attached hydrogen (secondary N) is 1. The molecule has 2 rings (SSSR count). The van der Waals surface area contributed by atoms with Crippen LogP contribution in [0.3, 0.4) is 0 Å². The molecule has 130 valence electrons. The van der Waals surface area contributed by atoms with Crippen LogP contribution < -0.4 is 4.74 Å². The van der Waals surface area contributed by atoms with Gasteiger partial charge in [-0.15, -0.1) is 0 Å². The Morgan fingerprint density at radius 1 is 1.33 bits per heavy atom. The number of aromatic nitrogens is 1. The van der Waals surface area contributed by atoms with E-state index in [2.05, 4.69) is 29.4 Å². The summed E-state index contributed by atoms with van der Waals surface area (Å²) >= 11 is 7.52. The molecule has 1 heterocycles. The van der Waals surface area contributed by atoms with Crippen molar-refractivity contribution in [2.24, 2.45) is 0 Å². The highest BCUT2D eigenvalue weighted by Crippen LogP contribution is 2.23. The number of rotatable bonds is 8. The van der Waals surface area contributed by atoms with E-state index in [4.69, 9.17) is 16.6 Å². The van der Waals surface area contributed by atoms with E-state index >= 15 is 0 Å². The number of fused-ring (bicyclic) bond motifs is 1. The summed E-state index contributed by atoms with van der Waals surface area (Å²) in [5.74, 6) is -0.960. The molecule has 0 aliphatic heterocycles. The van der Waals surface area contributed by atoms with Crippen molar-refractivity contribution in [1.82, 2.24) is 4.98 Å². The number of carbonyl (C=O) groups excluding carboxylic acids is 2. The quantitative estimate of drug-likeness (QED) is 0.548. The lowest BCUT2D eigenvalue weighted by molar-refractivity contribution is -0.154. The van der Waals surface area contributed by atoms with Gasteiger partial charge in [0.1, 0.15) is 24.1 Å². The topological polar surface area (TPSA) is 118 Å². The van der Waals surface area contributed by atoms with Crippen LogP contribution in [0.4, 0.5) is 0 Å². The molecular weight excluding hydrogens is 410 g/mol. The van der Waals surface area contributed by atoms with Crippen molar-refractivity contribution in [2.75, 3.05) is 0 Å². The van der Waals surface area contributed by atoms with Gasteiger partial charge in [0.2, 0.25) is 0 Å². The predicted octanol–water partition coefficient (Wildman–Crippen LogP) is 1.23. The molecule has 8 nitrogen and oxygen atoms in total. The molecule has 0 unspecified atom stereocenters. The molecule has 0 radical (unpaired) electrons. The number of halogens is 2. The van der Waals surface area contributed by atoms with Crippen molar-refractivity contribution in [3.05, 3.63) is 30.3 Å². The van der Waals surface area contributed by atoms with E-state index in [-0.39, 0.29) is 12.2 Å². The Labute approximate surface area is 149 Å². The minimum Gasteiger partial charge on any atom is -0.470 e. The van der Waals surface area contributed by atoms with Crippen LogP contribution in [0.25, 0.3) is 10.9 Å². The van der Waals surface area contributed by atoms with E-state index < -0.39 is 30.4 Å². The normalized spacial score (nSPS) is 16.2. The summed E-state index contributed by atoms with van der Waals surface area (Å²) in [4.78, 5) is 25.3. The zero-order chi connectivity index (χ0) is 17.7. The SMILES string of the molecule is O=C[C@H](O)[C@@H](Oc1cc2ccccc2[nH]1)[C@H](O)[C@H](OBr)C(=O)OCl. The monoisotopic (exact) mass is 421 g/mol. The fourth-order valence-corrected chi connectivity index (χ4v) is 2.58. The van der Waals surface area contributed by atoms with Gasteiger partial charge < -0.3 is 29.0 Å². The third-order valence-electron chi connectivity index (χ3n) is 3.30. The second-order valence-corrected chi connectivity index (χ2v) is 5.35. The van der Waals surface area contributed by atoms with Crippen molar-refractivity contribution < 1.29 is 32.7 Å². The molecule has 24 heavy (non-hydrogen) atoms. The highest BCUT2D eigenvalue weighted by molar-refractivity contribution is 9.06. The van der Waals surface area contributed by atoms with Crippen LogP contribution in [0.2, 0.25) is 0 Å². The first-order valence-corrected chi connectivity index (χ1v) is 7.63. The Morgan fingerprint density at radius 3 is 2.62 bits per heavy atom. The van der Waals surface area contributed by atoms with E-state index in [9.17, 15) is 19.8 Å². The number of hydrogen-bond donors (Lipinski definition) is 3. The summed E-state index contributed by atoms with van der Waals surface area (Å²) in [7, 11) is 0. The Morgan fingerprint density at radius 2 is 2.04 bits per heavy atom. The Balaban J connectivity index is 2.27. The highest BCUT2D eigenvalue weighted by Gasteiger charge is 2.40. The highest BCUT2D eigenvalue weighted by atomic mass is 79.9. The Kier molecular flexibility index (Phi) is 6.58. The van der Waals surface area contributed by atoms with Gasteiger partial charge in [0.25, 0.3) is 0 Å². The molecule has 1 aromatic carbocycles. The predicted molar refractivity (Wildman–Crippen MR) is 86.5 cm³/mol. The number of benzene rings is 1. The molecular formula is C14H13BrClNO7. The molecule has 0 fully saturated rings. The summed E-state index contributed by atoms with van der Waals surface area (Å²) in [6, 6.07) is 8.84. The minimum absolute atomic E-state index is 0.161. The molecule has 0 saturated heterocycles. The lowest BCUT2D eigenvalue weighted by Crippen LogP contribution is -2.51. The van der Waals surface area contributed by atoms with Gasteiger partial charge in [-0.2, -0.15) is 0 Å². The summed E-state index contributed by atoms with van der Waals surface area (Å²) in [6.45, 7) is 0. The van der Waals surface area contributed by atoms with E-state index in [1.54, 1.807) is 18.2 Å². The van der Waals surface area contributed by atoms with Crippen molar-refractivity contribution in [1.29, 1.82) is 0 Å². The molecule has 0 aliphatic rings. The first kappa shape index (κ1) is 18.7. The number of aliphatic hydroxyl groups is 2. The molecule has 0 bridgehead atoms. The first-order valence-electron chi connectivity index (χ1n) is 6.67. The third-order valence-corrected chi connectivity index (χ3v) is 3.85. The summed E-state index contributed by atoms with van der Waals surface area (Å²) in [6.07, 6.45) is -6.49. The van der Waals surface area contributed by atoms with Crippen LogP contribution in [-0.2, 0) is 17.7 Å². The van der Waals surface area contributed by atoms with Crippen LogP contribution in [0.5, 0.6) is 5.88 Å². The molecule has 0 aliphatic carbocycles. The lowest BCUT2D eigenvalue weighted by Gasteiger charge is -2.27. The summed E-state index contributed by atoms with van der Waals surface area (Å²) < 4.78 is 14.0. The van der Waals surface area contributed by atoms with Crippen LogP contribution >= 0.6 is 28.1 Å². The fourth-order valence-electron chi connectivity index (χ4n) is 2.12. The first-order chi connectivity index (χ1) is 11.5. The molecule has 0 amide bonds. The molecule has 2 aromatic rings. The summed E-state index contributed by atoms with van der Waals surface area (Å²) in [5, 5.41) is 20.9. The smallest absolute Gasteiger partial charge is 0.357 e. The zero-order valence-corrected chi connectivity index (χ0v) is 14.3. The summed E-state index contributed by atoms with van der Waals surface area (Å²) in [5.41, 5.74) is 0.745. The number of aromatic amines is 1. The van der Waals surface area contributed by atoms with Crippen molar-refractivity contribution in [3.8, 4) is 5.88 Å². The van der Waals surface area contributed by atoms with Gasteiger partial charge in [-0.05, 0) is 6.07 Å². The average Bonchev–Trinajstić information content (AvgIpc) is 3.01. The number of aliphatic hydroxyl groups excluding tert-OH is 2. The maximum atomic E-state index is 11.5. The average molecular weight is 423 g/mol. The Bertz CT molecular complexity index is 676. The molecule has 10 heteroatoms. The zero-order valence-electron chi connectivity index (χ0n) is 12.0. The van der Waals surface area contributed by atoms with Crippen LogP contribution in [0.15, 0.2) is 30.3 Å². The van der Waals surface area contributed by atoms with Crippen molar-refractivity contribution >= 4 is 51.3 Å². The number of ether oxygens (including phenoxy) is 1. The number of carbonyl (C=O) groups is 2. The van der Waals surface area contributed by atoms with E-state index in [0.717, 1.165) is 10.9 Å². The Hall–Kier alpha value is -1.65. The van der Waals surface area contributed by atoms with Crippen LogP contribution in [0.1, 0.15) is 0 Å². The van der Waals surface area contributed by atoms with Gasteiger partial charge in [0, 0.05) is 17.0 Å². The third kappa shape index (κ3) is 4.05. The van der Waals surface area contributed by atoms with Gasteiger partial charge >= 0.3 is 5.97 Å². The van der Waals surface area contributed by atoms with Crippen molar-refractivity contribution in [3.63, 3.8) is 0 Å². The maximum Gasteiger partial charge on any atom is 0.357 e. The molecule has 3 N–H and O–H groups in total. The standard InChI is InChI=1S/C14H13BrClNO7/c15-23-13(14(21)24-16)11(20)12(9(19)6-18)22-10-5-7-3-1-2-4-8(7)17-10/h1-6,9,11-13,17,19-20H/t9-,11-,12+,13-/m0/s1. The van der Waals surface area contributed by atoms with Gasteiger partial charge in [-0.25, -0.2) is 4.79 Å². The number of H-pyrrole nitrogens is 1. The largest absolute Gasteiger partial charge is 0.470 e. The van der Waals surface area contributed by atoms with E-state index in [1.807, 2.05) is 12.1 Å². The molecule has 1 aromatic heterocycles. The maximum absolute atomic E-state index is 11.5. The van der Waals surface area contributed by atoms with E-state index in [0.29, 0.717) is 0 Å². The van der Waals surface area contributed by atoms with Gasteiger partial charge in [-0.1, -0.05) is 18.2 Å². The second kappa shape index (κ2) is 8.45. The fraction of sp³-hybridized carbons (Fsp3) is 0.286. The number of para-hydroxylation sites is 1. The van der Waals surface area contributed by atoms with E-state index in [1.165, 1.54) is 0 Å². The minimum atomic E-state index is -1.76. The van der Waals surface area contributed by atoms with Gasteiger partial charge in [0.05, 0.1) is 16.3 Å². The second-order valence-electron chi connectivity index (χ2n) is 4.83. The van der Waals surface area contributed by atoms with Crippen LogP contribution in [0, 0.1) is 0 Å². The number of hydrogen-bond acceptors (Lipinski definition) is 7. The van der Waals surface area contributed by atoms with Crippen molar-refractivity contribution in [2.45, 2.75) is 24.4 Å². The molecule has 4 atom stereocenters.